The van der Waals surface area contributed by atoms with Crippen molar-refractivity contribution in [1.82, 2.24) is 0 Å². The van der Waals surface area contributed by atoms with Gasteiger partial charge in [0.1, 0.15) is 23.0 Å². The molecule has 2 atom stereocenters. The van der Waals surface area contributed by atoms with Crippen molar-refractivity contribution in [2.75, 3.05) is 13.2 Å². The summed E-state index contributed by atoms with van der Waals surface area (Å²) in [5, 5.41) is 0. The minimum Gasteiger partial charge on any atom is -0.493 e. The highest BCUT2D eigenvalue weighted by atomic mass is 16.7. The maximum absolute atomic E-state index is 7.51. The molecular formula is C65H82O4. The van der Waals surface area contributed by atoms with Crippen molar-refractivity contribution in [3.8, 4) is 56.4 Å². The second kappa shape index (κ2) is 20.1. The lowest BCUT2D eigenvalue weighted by Gasteiger charge is -2.33. The van der Waals surface area contributed by atoms with Crippen LogP contribution in [0.15, 0.2) is 121 Å². The number of benzene rings is 6. The Kier molecular flexibility index (Phi) is 15.0. The maximum Gasteiger partial charge on any atom is 0.245 e. The number of ether oxygens (including phenoxy) is 4. The quantitative estimate of drug-likeness (QED) is 0.108. The van der Waals surface area contributed by atoms with Gasteiger partial charge in [0.25, 0.3) is 0 Å². The molecule has 1 aliphatic carbocycles. The molecule has 4 nitrogen and oxygen atoms in total. The summed E-state index contributed by atoms with van der Waals surface area (Å²) < 4.78 is 28.1. The van der Waals surface area contributed by atoms with Crippen LogP contribution in [0.2, 0.25) is 0 Å². The van der Waals surface area contributed by atoms with E-state index in [0.717, 1.165) is 74.8 Å². The average molecular weight is 927 g/mol. The van der Waals surface area contributed by atoms with E-state index in [9.17, 15) is 0 Å². The van der Waals surface area contributed by atoms with E-state index >= 15 is 0 Å². The minimum atomic E-state index is -1.12. The average Bonchev–Trinajstić information content (AvgIpc) is 3.27. The van der Waals surface area contributed by atoms with E-state index in [0.29, 0.717) is 25.0 Å². The fourth-order valence-electron chi connectivity index (χ4n) is 9.54. The van der Waals surface area contributed by atoms with Crippen LogP contribution < -0.4 is 18.9 Å². The molecule has 1 aliphatic rings. The number of aryl methyl sites for hydroxylation is 2. The Bertz CT molecular complexity index is 2650. The largest absolute Gasteiger partial charge is 0.493 e. The third-order valence-corrected chi connectivity index (χ3v) is 13.9. The summed E-state index contributed by atoms with van der Waals surface area (Å²) in [6.07, 6.45) is 4.69. The van der Waals surface area contributed by atoms with E-state index in [4.69, 9.17) is 18.9 Å². The first kappa shape index (κ1) is 51.4. The Morgan fingerprint density at radius 1 is 0.406 bits per heavy atom. The summed E-state index contributed by atoms with van der Waals surface area (Å²) in [4.78, 5) is 0. The van der Waals surface area contributed by atoms with Crippen molar-refractivity contribution >= 4 is 0 Å². The van der Waals surface area contributed by atoms with Gasteiger partial charge in [-0.1, -0.05) is 180 Å². The van der Waals surface area contributed by atoms with Crippen LogP contribution in [0.3, 0.4) is 0 Å². The predicted octanol–water partition coefficient (Wildman–Crippen LogP) is 18.0. The van der Waals surface area contributed by atoms with Gasteiger partial charge < -0.3 is 18.9 Å². The SMILES string of the molecule is Cc1ccc(OC(C)(C)Oc2c(-c3cc(C(C)(C)C)cc(C(C)(C)C)c3)cc(C)cc2-c2ccccc2OCC2CCCCC2COc2ccccc2)c(-c2cc(C(C)(C)C)cc(C(C)(C)C)c2)c1. The van der Waals surface area contributed by atoms with E-state index in [-0.39, 0.29) is 21.7 Å². The number of hydrogen-bond acceptors (Lipinski definition) is 4. The van der Waals surface area contributed by atoms with E-state index in [1.807, 2.05) is 44.2 Å². The van der Waals surface area contributed by atoms with Gasteiger partial charge in [0, 0.05) is 36.1 Å². The van der Waals surface area contributed by atoms with Crippen LogP contribution >= 0.6 is 0 Å². The molecule has 1 fully saturated rings. The van der Waals surface area contributed by atoms with Gasteiger partial charge in [0.2, 0.25) is 5.79 Å². The van der Waals surface area contributed by atoms with Crippen molar-refractivity contribution in [2.45, 2.75) is 164 Å². The monoisotopic (exact) mass is 927 g/mol. The smallest absolute Gasteiger partial charge is 0.245 e. The molecule has 0 saturated heterocycles. The zero-order valence-corrected chi connectivity index (χ0v) is 45.1. The summed E-state index contributed by atoms with van der Waals surface area (Å²) in [7, 11) is 0. The maximum atomic E-state index is 7.51. The molecule has 0 heterocycles. The number of rotatable bonds is 13. The molecule has 0 bridgehead atoms. The highest BCUT2D eigenvalue weighted by Gasteiger charge is 2.32. The van der Waals surface area contributed by atoms with Gasteiger partial charge >= 0.3 is 0 Å². The first-order chi connectivity index (χ1) is 32.2. The summed E-state index contributed by atoms with van der Waals surface area (Å²) in [5.74, 6) is 3.00. The Morgan fingerprint density at radius 2 is 0.870 bits per heavy atom. The molecule has 0 radical (unpaired) electrons. The fraction of sp³-hybridized carbons (Fsp3) is 0.446. The zero-order chi connectivity index (χ0) is 50.1. The summed E-state index contributed by atoms with van der Waals surface area (Å²) >= 11 is 0. The Morgan fingerprint density at radius 3 is 1.41 bits per heavy atom. The molecule has 0 amide bonds. The van der Waals surface area contributed by atoms with Crippen LogP contribution in [0.5, 0.6) is 23.0 Å². The van der Waals surface area contributed by atoms with E-state index < -0.39 is 5.79 Å². The summed E-state index contributed by atoms with van der Waals surface area (Å²) in [6, 6.07) is 43.9. The van der Waals surface area contributed by atoms with Crippen molar-refractivity contribution in [3.63, 3.8) is 0 Å². The molecule has 2 unspecified atom stereocenters. The van der Waals surface area contributed by atoms with Crippen LogP contribution in [-0.2, 0) is 21.7 Å². The van der Waals surface area contributed by atoms with E-state index in [1.165, 1.54) is 40.7 Å². The van der Waals surface area contributed by atoms with Crippen molar-refractivity contribution in [1.29, 1.82) is 0 Å². The van der Waals surface area contributed by atoms with Crippen LogP contribution in [0, 0.1) is 25.7 Å². The van der Waals surface area contributed by atoms with E-state index in [2.05, 4.69) is 188 Å². The van der Waals surface area contributed by atoms with Gasteiger partial charge in [-0.25, -0.2) is 0 Å². The molecule has 6 aromatic rings. The topological polar surface area (TPSA) is 36.9 Å². The first-order valence-electron chi connectivity index (χ1n) is 25.6. The van der Waals surface area contributed by atoms with Crippen LogP contribution in [-0.4, -0.2) is 19.0 Å². The normalized spacial score (nSPS) is 16.0. The van der Waals surface area contributed by atoms with Gasteiger partial charge in [-0.05, 0) is 142 Å². The molecule has 6 aromatic carbocycles. The van der Waals surface area contributed by atoms with Crippen LogP contribution in [0.25, 0.3) is 33.4 Å². The van der Waals surface area contributed by atoms with Gasteiger partial charge in [0.05, 0.1) is 13.2 Å². The summed E-state index contributed by atoms with van der Waals surface area (Å²) in [6.45, 7) is 37.3. The van der Waals surface area contributed by atoms with Crippen molar-refractivity contribution in [3.05, 3.63) is 155 Å². The predicted molar refractivity (Wildman–Crippen MR) is 292 cm³/mol. The standard InChI is InChI=1S/C65H82O4/c1-43-30-31-59(55(32-43)47-35-49(61(3,4)5)39-50(36-47)62(6,7)8)68-65(15,16)69-60-56(48-37-51(63(9,10)11)40-52(38-48)64(12,13)14)33-44(2)34-57(60)54-28-22-23-29-58(54)67-42-46-25-21-20-24-45(46)41-66-53-26-18-17-19-27-53/h17-19,22-23,26-40,45-46H,20-21,24-25,41-42H2,1-16H3. The van der Waals surface area contributed by atoms with Crippen molar-refractivity contribution in [2.24, 2.45) is 11.8 Å². The minimum absolute atomic E-state index is 0.0342. The Labute approximate surface area is 417 Å². The highest BCUT2D eigenvalue weighted by molar-refractivity contribution is 5.86. The van der Waals surface area contributed by atoms with Gasteiger partial charge in [-0.3, -0.25) is 0 Å². The second-order valence-corrected chi connectivity index (χ2v) is 24.6. The molecule has 1 saturated carbocycles. The molecule has 69 heavy (non-hydrogen) atoms. The van der Waals surface area contributed by atoms with Crippen LogP contribution in [0.1, 0.15) is 156 Å². The molecule has 366 valence electrons. The lowest BCUT2D eigenvalue weighted by atomic mass is 9.78. The summed E-state index contributed by atoms with van der Waals surface area (Å²) in [5.41, 5.74) is 13.6. The van der Waals surface area contributed by atoms with Gasteiger partial charge in [-0.15, -0.1) is 0 Å². The van der Waals surface area contributed by atoms with Gasteiger partial charge in [-0.2, -0.15) is 0 Å². The molecular weight excluding hydrogens is 845 g/mol. The molecule has 7 rings (SSSR count). The molecule has 0 aliphatic heterocycles. The fourth-order valence-corrected chi connectivity index (χ4v) is 9.54. The molecule has 0 N–H and O–H groups in total. The third-order valence-electron chi connectivity index (χ3n) is 13.9. The molecule has 4 heteroatoms. The molecule has 0 spiro atoms. The lowest BCUT2D eigenvalue weighted by molar-refractivity contribution is -0.0798. The highest BCUT2D eigenvalue weighted by Crippen LogP contribution is 2.48. The van der Waals surface area contributed by atoms with Crippen LogP contribution in [0.4, 0.5) is 0 Å². The number of hydrogen-bond donors (Lipinski definition) is 0. The Hall–Kier alpha value is -5.48. The zero-order valence-electron chi connectivity index (χ0n) is 45.1. The molecule has 0 aromatic heterocycles. The van der Waals surface area contributed by atoms with E-state index in [1.54, 1.807) is 0 Å². The Balaban J connectivity index is 1.34. The first-order valence-corrected chi connectivity index (χ1v) is 25.6. The third kappa shape index (κ3) is 12.8. The van der Waals surface area contributed by atoms with Crippen molar-refractivity contribution < 1.29 is 18.9 Å². The second-order valence-electron chi connectivity index (χ2n) is 24.6. The lowest BCUT2D eigenvalue weighted by Crippen LogP contribution is -2.36. The van der Waals surface area contributed by atoms with Gasteiger partial charge in [0.15, 0.2) is 0 Å². The number of para-hydroxylation sites is 2.